The molecule has 1 amide bonds. The molecule has 0 saturated heterocycles. The molecule has 0 unspecified atom stereocenters. The van der Waals surface area contributed by atoms with Crippen LogP contribution >= 0.6 is 35.4 Å². The van der Waals surface area contributed by atoms with Crippen LogP contribution in [0.1, 0.15) is 15.9 Å². The van der Waals surface area contributed by atoms with Gasteiger partial charge in [-0.15, -0.1) is 0 Å². The van der Waals surface area contributed by atoms with Gasteiger partial charge in [0.25, 0.3) is 5.91 Å². The first kappa shape index (κ1) is 15.8. The highest BCUT2D eigenvalue weighted by atomic mass is 35.5. The van der Waals surface area contributed by atoms with E-state index in [9.17, 15) is 4.79 Å². The predicted octanol–water partition coefficient (Wildman–Crippen LogP) is 3.80. The molecule has 6 heteroatoms. The van der Waals surface area contributed by atoms with Gasteiger partial charge in [-0.3, -0.25) is 10.1 Å². The Morgan fingerprint density at radius 3 is 2.48 bits per heavy atom. The van der Waals surface area contributed by atoms with Crippen LogP contribution in [0.2, 0.25) is 10.0 Å². The van der Waals surface area contributed by atoms with Gasteiger partial charge >= 0.3 is 0 Å². The van der Waals surface area contributed by atoms with Gasteiger partial charge in [0, 0.05) is 22.2 Å². The maximum absolute atomic E-state index is 11.9. The summed E-state index contributed by atoms with van der Waals surface area (Å²) in [6, 6.07) is 14.1. The number of carbonyl (C=O) groups is 1. The first-order valence-electron chi connectivity index (χ1n) is 6.14. The third-order valence-corrected chi connectivity index (χ3v) is 3.55. The summed E-state index contributed by atoms with van der Waals surface area (Å²) >= 11 is 17.0. The van der Waals surface area contributed by atoms with Crippen LogP contribution in [0.25, 0.3) is 0 Å². The third-order valence-electron chi connectivity index (χ3n) is 2.72. The van der Waals surface area contributed by atoms with Crippen molar-refractivity contribution in [3.63, 3.8) is 0 Å². The number of hydrogen-bond donors (Lipinski definition) is 2. The lowest BCUT2D eigenvalue weighted by molar-refractivity contribution is 0.0976. The summed E-state index contributed by atoms with van der Waals surface area (Å²) in [6.45, 7) is 0.407. The Morgan fingerprint density at radius 2 is 1.81 bits per heavy atom. The van der Waals surface area contributed by atoms with Gasteiger partial charge in [0.2, 0.25) is 0 Å². The summed E-state index contributed by atoms with van der Waals surface area (Å²) in [5, 5.41) is 6.91. The summed E-state index contributed by atoms with van der Waals surface area (Å²) < 4.78 is 0. The molecule has 0 aliphatic carbocycles. The molecule has 0 fully saturated rings. The molecule has 0 radical (unpaired) electrons. The highest BCUT2D eigenvalue weighted by molar-refractivity contribution is 7.80. The summed E-state index contributed by atoms with van der Waals surface area (Å²) in [5.74, 6) is -0.254. The molecule has 21 heavy (non-hydrogen) atoms. The van der Waals surface area contributed by atoms with Gasteiger partial charge in [0.1, 0.15) is 0 Å². The average molecular weight is 339 g/mol. The van der Waals surface area contributed by atoms with E-state index < -0.39 is 0 Å². The molecule has 0 saturated carbocycles. The SMILES string of the molecule is O=C(NC(=S)NCc1ccc(Cl)cc1Cl)c1ccccc1. The van der Waals surface area contributed by atoms with Crippen molar-refractivity contribution in [3.8, 4) is 0 Å². The zero-order valence-corrected chi connectivity index (χ0v) is 13.2. The van der Waals surface area contributed by atoms with Gasteiger partial charge in [0.05, 0.1) is 0 Å². The zero-order chi connectivity index (χ0) is 15.2. The number of carbonyl (C=O) groups excluding carboxylic acids is 1. The Labute approximate surface area is 138 Å². The van der Waals surface area contributed by atoms with Gasteiger partial charge in [-0.2, -0.15) is 0 Å². The van der Waals surface area contributed by atoms with Crippen molar-refractivity contribution in [2.45, 2.75) is 6.54 Å². The standard InChI is InChI=1S/C15H12Cl2N2OS/c16-12-7-6-11(13(17)8-12)9-18-15(21)19-14(20)10-4-2-1-3-5-10/h1-8H,9H2,(H2,18,19,20,21). The minimum absolute atomic E-state index is 0.245. The molecule has 2 rings (SSSR count). The fourth-order valence-electron chi connectivity index (χ4n) is 1.65. The van der Waals surface area contributed by atoms with E-state index in [1.54, 1.807) is 42.5 Å². The normalized spacial score (nSPS) is 10.0. The summed E-state index contributed by atoms with van der Waals surface area (Å²) in [4.78, 5) is 11.9. The molecule has 108 valence electrons. The van der Waals surface area contributed by atoms with Gasteiger partial charge in [0.15, 0.2) is 5.11 Å². The quantitative estimate of drug-likeness (QED) is 0.836. The van der Waals surface area contributed by atoms with Crippen LogP contribution in [0.3, 0.4) is 0 Å². The van der Waals surface area contributed by atoms with Crippen molar-refractivity contribution in [1.82, 2.24) is 10.6 Å². The summed E-state index contributed by atoms with van der Waals surface area (Å²) in [6.07, 6.45) is 0. The van der Waals surface area contributed by atoms with Gasteiger partial charge < -0.3 is 5.32 Å². The minimum Gasteiger partial charge on any atom is -0.358 e. The van der Waals surface area contributed by atoms with Crippen molar-refractivity contribution >= 4 is 46.4 Å². The molecule has 0 aliphatic rings. The van der Waals surface area contributed by atoms with E-state index >= 15 is 0 Å². The number of halogens is 2. The molecule has 0 spiro atoms. The van der Waals surface area contributed by atoms with Crippen molar-refractivity contribution in [1.29, 1.82) is 0 Å². The lowest BCUT2D eigenvalue weighted by Gasteiger charge is -2.10. The van der Waals surface area contributed by atoms with Crippen molar-refractivity contribution in [2.75, 3.05) is 0 Å². The van der Waals surface area contributed by atoms with Crippen LogP contribution in [0.5, 0.6) is 0 Å². The van der Waals surface area contributed by atoms with Crippen LogP contribution in [0.4, 0.5) is 0 Å². The second kappa shape index (κ2) is 7.41. The van der Waals surface area contributed by atoms with E-state index in [1.165, 1.54) is 0 Å². The highest BCUT2D eigenvalue weighted by Crippen LogP contribution is 2.20. The molecular formula is C15H12Cl2N2OS. The van der Waals surface area contributed by atoms with E-state index in [0.717, 1.165) is 5.56 Å². The van der Waals surface area contributed by atoms with Gasteiger partial charge in [-0.05, 0) is 42.0 Å². The smallest absolute Gasteiger partial charge is 0.257 e. The first-order chi connectivity index (χ1) is 10.1. The monoisotopic (exact) mass is 338 g/mol. The molecule has 3 nitrogen and oxygen atoms in total. The molecule has 2 N–H and O–H groups in total. The number of nitrogens with one attached hydrogen (secondary N) is 2. The number of amides is 1. The lowest BCUT2D eigenvalue weighted by Crippen LogP contribution is -2.38. The largest absolute Gasteiger partial charge is 0.358 e. The Kier molecular flexibility index (Phi) is 5.56. The molecular weight excluding hydrogens is 327 g/mol. The van der Waals surface area contributed by atoms with Crippen molar-refractivity contribution in [2.24, 2.45) is 0 Å². The number of rotatable bonds is 3. The third kappa shape index (κ3) is 4.70. The number of benzene rings is 2. The fraction of sp³-hybridized carbons (Fsp3) is 0.0667. The summed E-state index contributed by atoms with van der Waals surface area (Å²) in [5.41, 5.74) is 1.39. The second-order valence-electron chi connectivity index (χ2n) is 4.24. The zero-order valence-electron chi connectivity index (χ0n) is 10.9. The van der Waals surface area contributed by atoms with E-state index in [4.69, 9.17) is 35.4 Å². The summed E-state index contributed by atoms with van der Waals surface area (Å²) in [7, 11) is 0. The van der Waals surface area contributed by atoms with Crippen molar-refractivity contribution < 1.29 is 4.79 Å². The van der Waals surface area contributed by atoms with E-state index in [2.05, 4.69) is 10.6 Å². The highest BCUT2D eigenvalue weighted by Gasteiger charge is 2.07. The number of hydrogen-bond acceptors (Lipinski definition) is 2. The topological polar surface area (TPSA) is 41.1 Å². The Morgan fingerprint density at radius 1 is 1.10 bits per heavy atom. The van der Waals surface area contributed by atoms with Crippen LogP contribution in [0.15, 0.2) is 48.5 Å². The molecule has 0 aromatic heterocycles. The van der Waals surface area contributed by atoms with Gasteiger partial charge in [-0.1, -0.05) is 47.5 Å². The molecule has 0 heterocycles. The first-order valence-corrected chi connectivity index (χ1v) is 7.31. The number of thiocarbonyl (C=S) groups is 1. The maximum atomic E-state index is 11.9. The molecule has 0 aliphatic heterocycles. The lowest BCUT2D eigenvalue weighted by atomic mass is 10.2. The van der Waals surface area contributed by atoms with Crippen molar-refractivity contribution in [3.05, 3.63) is 69.7 Å². The van der Waals surface area contributed by atoms with E-state index in [1.807, 2.05) is 6.07 Å². The predicted molar refractivity (Wildman–Crippen MR) is 89.8 cm³/mol. The molecule has 0 bridgehead atoms. The molecule has 0 atom stereocenters. The van der Waals surface area contributed by atoms with Gasteiger partial charge in [-0.25, -0.2) is 0 Å². The Balaban J connectivity index is 1.89. The van der Waals surface area contributed by atoms with Crippen LogP contribution in [-0.2, 0) is 6.54 Å². The van der Waals surface area contributed by atoms with Crippen LogP contribution in [-0.4, -0.2) is 11.0 Å². The minimum atomic E-state index is -0.254. The van der Waals surface area contributed by atoms with E-state index in [0.29, 0.717) is 22.2 Å². The maximum Gasteiger partial charge on any atom is 0.257 e. The molecule has 2 aromatic rings. The van der Waals surface area contributed by atoms with Crippen LogP contribution < -0.4 is 10.6 Å². The Hall–Kier alpha value is -1.62. The Bertz CT molecular complexity index is 662. The molecule has 2 aromatic carbocycles. The average Bonchev–Trinajstić information content (AvgIpc) is 2.47. The van der Waals surface area contributed by atoms with E-state index in [-0.39, 0.29) is 11.0 Å². The van der Waals surface area contributed by atoms with Crippen LogP contribution in [0, 0.1) is 0 Å². The fourth-order valence-corrected chi connectivity index (χ4v) is 2.29. The second-order valence-corrected chi connectivity index (χ2v) is 5.49.